The molecule has 0 heterocycles. The number of hydrogen-bond acceptors (Lipinski definition) is 2. The van der Waals surface area contributed by atoms with Crippen LogP contribution in [0.4, 0.5) is 4.39 Å². The third-order valence-electron chi connectivity index (χ3n) is 2.28. The monoisotopic (exact) mass is 387 g/mol. The van der Waals surface area contributed by atoms with Gasteiger partial charge in [0.05, 0.1) is 5.56 Å². The lowest BCUT2D eigenvalue weighted by atomic mass is 10.2. The smallest absolute Gasteiger partial charge is 0.249 e. The van der Waals surface area contributed by atoms with Crippen LogP contribution >= 0.6 is 31.9 Å². The molecule has 0 fully saturated rings. The molecule has 0 spiro atoms. The van der Waals surface area contributed by atoms with Gasteiger partial charge >= 0.3 is 0 Å². The quantitative estimate of drug-likeness (QED) is 0.854. The fourth-order valence-electron chi connectivity index (χ4n) is 1.48. The van der Waals surface area contributed by atoms with E-state index >= 15 is 0 Å². The van der Waals surface area contributed by atoms with Crippen molar-refractivity contribution in [3.63, 3.8) is 0 Å². The second kappa shape index (κ2) is 5.71. The van der Waals surface area contributed by atoms with Gasteiger partial charge in [0.2, 0.25) is 5.91 Å². The average molecular weight is 389 g/mol. The lowest BCUT2D eigenvalue weighted by molar-refractivity contribution is 0.0999. The van der Waals surface area contributed by atoms with Crippen molar-refractivity contribution >= 4 is 37.8 Å². The number of primary amides is 1. The number of ether oxygens (including phenoxy) is 1. The van der Waals surface area contributed by atoms with Crippen molar-refractivity contribution in [2.75, 3.05) is 0 Å². The summed E-state index contributed by atoms with van der Waals surface area (Å²) in [7, 11) is 0. The minimum Gasteiger partial charge on any atom is -0.457 e. The summed E-state index contributed by atoms with van der Waals surface area (Å²) in [4.78, 5) is 11.1. The van der Waals surface area contributed by atoms with Crippen LogP contribution in [0.2, 0.25) is 0 Å². The van der Waals surface area contributed by atoms with Gasteiger partial charge < -0.3 is 10.5 Å². The molecule has 6 heteroatoms. The first-order valence-corrected chi connectivity index (χ1v) is 6.77. The van der Waals surface area contributed by atoms with E-state index < -0.39 is 11.7 Å². The molecule has 0 bridgehead atoms. The minimum absolute atomic E-state index is 0.352. The molecule has 2 rings (SSSR count). The van der Waals surface area contributed by atoms with E-state index in [1.165, 1.54) is 18.2 Å². The molecule has 0 saturated carbocycles. The average Bonchev–Trinajstić information content (AvgIpc) is 2.26. The Labute approximate surface area is 125 Å². The molecule has 0 aliphatic carbocycles. The second-order valence-electron chi connectivity index (χ2n) is 3.71. The number of hydrogen-bond donors (Lipinski definition) is 1. The molecule has 1 amide bonds. The molecular weight excluding hydrogens is 381 g/mol. The van der Waals surface area contributed by atoms with E-state index in [1.54, 1.807) is 18.2 Å². The van der Waals surface area contributed by atoms with Gasteiger partial charge in [-0.15, -0.1) is 0 Å². The summed E-state index contributed by atoms with van der Waals surface area (Å²) < 4.78 is 19.8. The van der Waals surface area contributed by atoms with Crippen molar-refractivity contribution in [1.29, 1.82) is 0 Å². The van der Waals surface area contributed by atoms with Crippen LogP contribution < -0.4 is 10.5 Å². The predicted molar refractivity (Wildman–Crippen MR) is 76.8 cm³/mol. The van der Waals surface area contributed by atoms with E-state index in [0.29, 0.717) is 26.0 Å². The van der Waals surface area contributed by atoms with Crippen molar-refractivity contribution in [3.8, 4) is 11.5 Å². The first kappa shape index (κ1) is 14.0. The van der Waals surface area contributed by atoms with Crippen LogP contribution in [0.25, 0.3) is 0 Å². The van der Waals surface area contributed by atoms with Gasteiger partial charge in [0.1, 0.15) is 17.3 Å². The van der Waals surface area contributed by atoms with Crippen LogP contribution in [-0.2, 0) is 0 Å². The summed E-state index contributed by atoms with van der Waals surface area (Å²) >= 11 is 6.41. The van der Waals surface area contributed by atoms with Crippen LogP contribution in [0.5, 0.6) is 11.5 Å². The molecule has 98 valence electrons. The summed E-state index contributed by atoms with van der Waals surface area (Å²) in [5.41, 5.74) is 5.55. The summed E-state index contributed by atoms with van der Waals surface area (Å²) in [6.45, 7) is 0. The van der Waals surface area contributed by atoms with Crippen molar-refractivity contribution < 1.29 is 13.9 Å². The Kier molecular flexibility index (Phi) is 4.21. The molecule has 2 aromatic rings. The number of nitrogens with two attached hydrogens (primary N) is 1. The van der Waals surface area contributed by atoms with Gasteiger partial charge in [0.15, 0.2) is 0 Å². The summed E-state index contributed by atoms with van der Waals surface area (Å²) in [6.07, 6.45) is 0. The third-order valence-corrected chi connectivity index (χ3v) is 3.39. The standard InChI is InChI=1S/C13H8Br2FNO2/c14-7-3-8(16)5-10(4-7)19-9-1-2-11(13(17)18)12(15)6-9/h1-6H,(H2,17,18). The van der Waals surface area contributed by atoms with Crippen LogP contribution in [0.1, 0.15) is 10.4 Å². The van der Waals surface area contributed by atoms with Crippen LogP contribution in [0.15, 0.2) is 45.3 Å². The van der Waals surface area contributed by atoms with Gasteiger partial charge in [-0.2, -0.15) is 0 Å². The van der Waals surface area contributed by atoms with Crippen LogP contribution in [0, 0.1) is 5.82 Å². The summed E-state index contributed by atoms with van der Waals surface area (Å²) in [5.74, 6) is -0.121. The normalized spacial score (nSPS) is 10.3. The molecule has 0 aliphatic rings. The maximum Gasteiger partial charge on any atom is 0.249 e. The molecular formula is C13H8Br2FNO2. The number of carbonyl (C=O) groups is 1. The zero-order valence-corrected chi connectivity index (χ0v) is 12.7. The fourth-order valence-corrected chi connectivity index (χ4v) is 2.48. The Balaban J connectivity index is 2.28. The molecule has 0 aromatic heterocycles. The van der Waals surface area contributed by atoms with Gasteiger partial charge in [-0.1, -0.05) is 15.9 Å². The van der Waals surface area contributed by atoms with E-state index in [-0.39, 0.29) is 0 Å². The van der Waals surface area contributed by atoms with Crippen LogP contribution in [0.3, 0.4) is 0 Å². The number of rotatable bonds is 3. The van der Waals surface area contributed by atoms with Gasteiger partial charge in [0.25, 0.3) is 0 Å². The van der Waals surface area contributed by atoms with E-state index in [2.05, 4.69) is 31.9 Å². The number of halogens is 3. The Morgan fingerprint density at radius 2 is 1.84 bits per heavy atom. The highest BCUT2D eigenvalue weighted by Crippen LogP contribution is 2.29. The zero-order valence-electron chi connectivity index (χ0n) is 9.49. The highest BCUT2D eigenvalue weighted by Gasteiger charge is 2.08. The summed E-state index contributed by atoms with van der Waals surface area (Å²) in [6, 6.07) is 8.96. The Morgan fingerprint density at radius 1 is 1.11 bits per heavy atom. The van der Waals surface area contributed by atoms with Crippen molar-refractivity contribution in [3.05, 3.63) is 56.7 Å². The highest BCUT2D eigenvalue weighted by atomic mass is 79.9. The van der Waals surface area contributed by atoms with Crippen molar-refractivity contribution in [1.82, 2.24) is 0 Å². The highest BCUT2D eigenvalue weighted by molar-refractivity contribution is 9.10. The van der Waals surface area contributed by atoms with Gasteiger partial charge in [0, 0.05) is 15.0 Å². The van der Waals surface area contributed by atoms with E-state index in [9.17, 15) is 9.18 Å². The molecule has 0 atom stereocenters. The van der Waals surface area contributed by atoms with Crippen LogP contribution in [-0.4, -0.2) is 5.91 Å². The fraction of sp³-hybridized carbons (Fsp3) is 0. The van der Waals surface area contributed by atoms with Crippen molar-refractivity contribution in [2.24, 2.45) is 5.73 Å². The molecule has 0 saturated heterocycles. The first-order chi connectivity index (χ1) is 8.95. The number of carbonyl (C=O) groups excluding carboxylic acids is 1. The predicted octanol–water partition coefficient (Wildman–Crippen LogP) is 4.24. The Bertz CT molecular complexity index is 626. The Morgan fingerprint density at radius 3 is 2.42 bits per heavy atom. The lowest BCUT2D eigenvalue weighted by Gasteiger charge is -2.08. The largest absolute Gasteiger partial charge is 0.457 e. The third kappa shape index (κ3) is 3.54. The van der Waals surface area contributed by atoms with E-state index in [0.717, 1.165) is 0 Å². The molecule has 2 N–H and O–H groups in total. The van der Waals surface area contributed by atoms with E-state index in [4.69, 9.17) is 10.5 Å². The summed E-state index contributed by atoms with van der Waals surface area (Å²) in [5, 5.41) is 0. The zero-order chi connectivity index (χ0) is 14.0. The molecule has 0 aliphatic heterocycles. The SMILES string of the molecule is NC(=O)c1ccc(Oc2cc(F)cc(Br)c2)cc1Br. The molecule has 0 radical (unpaired) electrons. The van der Waals surface area contributed by atoms with Gasteiger partial charge in [-0.25, -0.2) is 4.39 Å². The Hall–Kier alpha value is -1.40. The van der Waals surface area contributed by atoms with Gasteiger partial charge in [-0.05, 0) is 46.3 Å². The topological polar surface area (TPSA) is 52.3 Å². The van der Waals surface area contributed by atoms with Crippen molar-refractivity contribution in [2.45, 2.75) is 0 Å². The minimum atomic E-state index is -0.535. The van der Waals surface area contributed by atoms with Gasteiger partial charge in [-0.3, -0.25) is 4.79 Å². The number of amides is 1. The molecule has 0 unspecified atom stereocenters. The number of benzene rings is 2. The maximum atomic E-state index is 13.2. The second-order valence-corrected chi connectivity index (χ2v) is 5.48. The molecule has 2 aromatic carbocycles. The first-order valence-electron chi connectivity index (χ1n) is 5.19. The molecule has 3 nitrogen and oxygen atoms in total. The van der Waals surface area contributed by atoms with E-state index in [1.807, 2.05) is 0 Å². The lowest BCUT2D eigenvalue weighted by Crippen LogP contribution is -2.11. The molecule has 19 heavy (non-hydrogen) atoms. The maximum absolute atomic E-state index is 13.2.